The Balaban J connectivity index is 2.08. The fraction of sp³-hybridized carbons (Fsp3) is 0.200. The number of nitrogens with zero attached hydrogens (tertiary/aromatic N) is 1. The third-order valence-electron chi connectivity index (χ3n) is 5.31. The SMILES string of the molecule is COc1cc(/C=C\c2ccc(OC)c(OC)c2NS(=O)(=O)c2ccc([N+](=O)[O-])cc2)cc(OC)c1OC. The number of benzene rings is 3. The van der Waals surface area contributed by atoms with Gasteiger partial charge in [-0.3, -0.25) is 14.8 Å². The fourth-order valence-electron chi connectivity index (χ4n) is 3.51. The normalized spacial score (nSPS) is 11.2. The van der Waals surface area contributed by atoms with Gasteiger partial charge in [-0.05, 0) is 42.0 Å². The number of nitro benzene ring substituents is 1. The molecule has 0 atom stereocenters. The van der Waals surface area contributed by atoms with E-state index < -0.39 is 14.9 Å². The summed E-state index contributed by atoms with van der Waals surface area (Å²) in [6.07, 6.45) is 3.41. The number of nitrogens with one attached hydrogen (secondary N) is 1. The largest absolute Gasteiger partial charge is 0.493 e. The minimum atomic E-state index is -4.15. The van der Waals surface area contributed by atoms with Gasteiger partial charge >= 0.3 is 0 Å². The smallest absolute Gasteiger partial charge is 0.269 e. The maximum Gasteiger partial charge on any atom is 0.269 e. The average molecular weight is 531 g/mol. The van der Waals surface area contributed by atoms with Gasteiger partial charge in [-0.1, -0.05) is 12.2 Å². The predicted octanol–water partition coefficient (Wildman–Crippen LogP) is 4.61. The first-order chi connectivity index (χ1) is 17.7. The third kappa shape index (κ3) is 5.86. The second-order valence-electron chi connectivity index (χ2n) is 7.41. The van der Waals surface area contributed by atoms with E-state index in [4.69, 9.17) is 23.7 Å². The van der Waals surface area contributed by atoms with Gasteiger partial charge in [-0.15, -0.1) is 0 Å². The Morgan fingerprint density at radius 1 is 0.757 bits per heavy atom. The first-order valence-corrected chi connectivity index (χ1v) is 12.2. The van der Waals surface area contributed by atoms with Crippen molar-refractivity contribution in [1.29, 1.82) is 0 Å². The highest BCUT2D eigenvalue weighted by atomic mass is 32.2. The summed E-state index contributed by atoms with van der Waals surface area (Å²) in [4.78, 5) is 10.2. The molecule has 37 heavy (non-hydrogen) atoms. The molecule has 11 nitrogen and oxygen atoms in total. The molecule has 0 bridgehead atoms. The number of ether oxygens (including phenoxy) is 5. The zero-order chi connectivity index (χ0) is 27.2. The van der Waals surface area contributed by atoms with Crippen LogP contribution in [0.25, 0.3) is 12.2 Å². The van der Waals surface area contributed by atoms with Crippen LogP contribution in [0.15, 0.2) is 53.4 Å². The molecule has 0 spiro atoms. The van der Waals surface area contributed by atoms with Gasteiger partial charge in [0.1, 0.15) is 5.69 Å². The van der Waals surface area contributed by atoms with Crippen LogP contribution in [-0.2, 0) is 10.0 Å². The monoisotopic (exact) mass is 530 g/mol. The van der Waals surface area contributed by atoms with Gasteiger partial charge in [0.25, 0.3) is 15.7 Å². The molecule has 0 aliphatic rings. The van der Waals surface area contributed by atoms with E-state index in [1.165, 1.54) is 35.5 Å². The summed E-state index contributed by atoms with van der Waals surface area (Å²) in [5.41, 5.74) is 1.03. The minimum absolute atomic E-state index is 0.115. The Morgan fingerprint density at radius 3 is 1.81 bits per heavy atom. The highest BCUT2D eigenvalue weighted by Gasteiger charge is 2.22. The van der Waals surface area contributed by atoms with Crippen molar-refractivity contribution in [1.82, 2.24) is 0 Å². The second kappa shape index (κ2) is 11.5. The van der Waals surface area contributed by atoms with Crippen molar-refractivity contribution in [2.24, 2.45) is 0 Å². The highest BCUT2D eigenvalue weighted by molar-refractivity contribution is 7.92. The molecule has 0 saturated heterocycles. The molecule has 0 aromatic heterocycles. The van der Waals surface area contributed by atoms with Crippen LogP contribution in [0, 0.1) is 10.1 Å². The lowest BCUT2D eigenvalue weighted by atomic mass is 10.1. The molecule has 0 radical (unpaired) electrons. The van der Waals surface area contributed by atoms with E-state index in [1.807, 2.05) is 0 Å². The molecule has 0 amide bonds. The molecule has 3 aromatic rings. The minimum Gasteiger partial charge on any atom is -0.493 e. The summed E-state index contributed by atoms with van der Waals surface area (Å²) < 4.78 is 55.8. The zero-order valence-electron chi connectivity index (χ0n) is 20.8. The number of rotatable bonds is 11. The zero-order valence-corrected chi connectivity index (χ0v) is 21.6. The van der Waals surface area contributed by atoms with Gasteiger partial charge < -0.3 is 23.7 Å². The maximum absolute atomic E-state index is 13.2. The lowest BCUT2D eigenvalue weighted by molar-refractivity contribution is -0.384. The lowest BCUT2D eigenvalue weighted by Gasteiger charge is -2.17. The van der Waals surface area contributed by atoms with Crippen LogP contribution in [0.3, 0.4) is 0 Å². The summed E-state index contributed by atoms with van der Waals surface area (Å²) in [5.74, 6) is 1.79. The van der Waals surface area contributed by atoms with Gasteiger partial charge in [-0.2, -0.15) is 0 Å². The molecule has 0 aliphatic heterocycles. The Kier molecular flexibility index (Phi) is 8.45. The molecule has 0 saturated carbocycles. The van der Waals surface area contributed by atoms with E-state index in [-0.39, 0.29) is 22.0 Å². The van der Waals surface area contributed by atoms with Crippen LogP contribution in [-0.4, -0.2) is 48.9 Å². The number of non-ortho nitro benzene ring substituents is 1. The Labute approximate surface area is 214 Å². The van der Waals surface area contributed by atoms with Crippen molar-refractivity contribution in [3.8, 4) is 28.7 Å². The van der Waals surface area contributed by atoms with Crippen LogP contribution in [0.1, 0.15) is 11.1 Å². The van der Waals surface area contributed by atoms with Gasteiger partial charge in [-0.25, -0.2) is 8.42 Å². The molecule has 3 aromatic carbocycles. The molecule has 1 N–H and O–H groups in total. The molecule has 0 unspecified atom stereocenters. The molecule has 0 heterocycles. The molecule has 196 valence electrons. The number of nitro groups is 1. The van der Waals surface area contributed by atoms with Crippen molar-refractivity contribution in [3.05, 3.63) is 69.8 Å². The fourth-order valence-corrected chi connectivity index (χ4v) is 4.60. The standard InChI is InChI=1S/C25H26N2O9S/c1-32-20-13-8-17(7-6-16-14-21(33-2)24(35-4)22(15-16)34-3)23(25(20)36-5)26-37(30,31)19-11-9-18(10-12-19)27(28)29/h6-15,26H,1-5H3/b7-6-. The Bertz CT molecular complexity index is 1390. The number of methoxy groups -OCH3 is 5. The summed E-state index contributed by atoms with van der Waals surface area (Å²) in [5, 5.41) is 10.9. The van der Waals surface area contributed by atoms with E-state index in [2.05, 4.69) is 4.72 Å². The van der Waals surface area contributed by atoms with Crippen LogP contribution in [0.4, 0.5) is 11.4 Å². The average Bonchev–Trinajstić information content (AvgIpc) is 2.91. The van der Waals surface area contributed by atoms with Crippen LogP contribution < -0.4 is 28.4 Å². The van der Waals surface area contributed by atoms with Gasteiger partial charge in [0, 0.05) is 17.7 Å². The predicted molar refractivity (Wildman–Crippen MR) is 138 cm³/mol. The highest BCUT2D eigenvalue weighted by Crippen LogP contribution is 2.41. The molecular weight excluding hydrogens is 504 g/mol. The summed E-state index contributed by atoms with van der Waals surface area (Å²) >= 11 is 0. The van der Waals surface area contributed by atoms with Crippen LogP contribution in [0.2, 0.25) is 0 Å². The van der Waals surface area contributed by atoms with E-state index in [0.717, 1.165) is 24.3 Å². The third-order valence-corrected chi connectivity index (χ3v) is 6.68. The summed E-state index contributed by atoms with van der Waals surface area (Å²) in [7, 11) is 3.18. The van der Waals surface area contributed by atoms with Gasteiger partial charge in [0.05, 0.1) is 45.4 Å². The van der Waals surface area contributed by atoms with Crippen molar-refractivity contribution >= 4 is 33.6 Å². The Hall–Kier alpha value is -4.45. The van der Waals surface area contributed by atoms with Crippen LogP contribution in [0.5, 0.6) is 28.7 Å². The number of hydrogen-bond donors (Lipinski definition) is 1. The second-order valence-corrected chi connectivity index (χ2v) is 9.10. The maximum atomic E-state index is 13.2. The Morgan fingerprint density at radius 2 is 1.32 bits per heavy atom. The summed E-state index contributed by atoms with van der Waals surface area (Å²) in [6, 6.07) is 11.3. The number of anilines is 1. The number of sulfonamides is 1. The van der Waals surface area contributed by atoms with Crippen molar-refractivity contribution in [2.75, 3.05) is 40.3 Å². The molecular formula is C25H26N2O9S. The topological polar surface area (TPSA) is 135 Å². The van der Waals surface area contributed by atoms with Crippen molar-refractivity contribution in [2.45, 2.75) is 4.90 Å². The molecule has 0 fully saturated rings. The molecule has 0 aliphatic carbocycles. The molecule has 3 rings (SSSR count). The summed E-state index contributed by atoms with van der Waals surface area (Å²) in [6.45, 7) is 0. The quantitative estimate of drug-likeness (QED) is 0.214. The van der Waals surface area contributed by atoms with E-state index >= 15 is 0 Å². The first-order valence-electron chi connectivity index (χ1n) is 10.7. The van der Waals surface area contributed by atoms with Gasteiger partial charge in [0.15, 0.2) is 23.0 Å². The lowest BCUT2D eigenvalue weighted by Crippen LogP contribution is -2.15. The van der Waals surface area contributed by atoms with E-state index in [9.17, 15) is 18.5 Å². The van der Waals surface area contributed by atoms with Crippen molar-refractivity contribution in [3.63, 3.8) is 0 Å². The van der Waals surface area contributed by atoms with Gasteiger partial charge in [0.2, 0.25) is 5.75 Å². The first kappa shape index (κ1) is 27.1. The number of hydrogen-bond acceptors (Lipinski definition) is 9. The van der Waals surface area contributed by atoms with Crippen LogP contribution >= 0.6 is 0 Å². The van der Waals surface area contributed by atoms with Crippen molar-refractivity contribution < 1.29 is 37.0 Å². The molecule has 12 heteroatoms. The van der Waals surface area contributed by atoms with E-state index in [1.54, 1.807) is 36.4 Å². The van der Waals surface area contributed by atoms with E-state index in [0.29, 0.717) is 34.1 Å².